The summed E-state index contributed by atoms with van der Waals surface area (Å²) in [6.45, 7) is 6.89. The second-order valence-electron chi connectivity index (χ2n) is 6.52. The molecule has 2 aromatic carbocycles. The summed E-state index contributed by atoms with van der Waals surface area (Å²) < 4.78 is 90.1. The second-order valence-corrected chi connectivity index (χ2v) is 6.52. The van der Waals surface area contributed by atoms with E-state index in [1.165, 1.54) is 0 Å². The third-order valence-electron chi connectivity index (χ3n) is 4.98. The highest BCUT2D eigenvalue weighted by molar-refractivity contribution is 5.62. The van der Waals surface area contributed by atoms with Gasteiger partial charge in [0.2, 0.25) is 0 Å². The van der Waals surface area contributed by atoms with Gasteiger partial charge in [-0.2, -0.15) is 17.6 Å². The average molecular weight is 401 g/mol. The lowest BCUT2D eigenvalue weighted by molar-refractivity contribution is -0.304. The predicted octanol–water partition coefficient (Wildman–Crippen LogP) is 4.48. The Hall–Kier alpha value is -2.77. The molecule has 0 amide bonds. The normalized spacial score (nSPS) is 28.7. The minimum atomic E-state index is -5.22. The molecular weight excluding hydrogens is 392 g/mol. The minimum Gasteiger partial charge on any atom is -0.458 e. The number of alkyl halides is 5. The molecule has 1 unspecified atom stereocenters. The maximum absolute atomic E-state index is 14.5. The largest absolute Gasteiger partial charge is 0.458 e. The summed E-state index contributed by atoms with van der Waals surface area (Å²) in [7, 11) is 0. The topological polar surface area (TPSA) is 54.0 Å². The fourth-order valence-electron chi connectivity index (χ4n) is 3.71. The van der Waals surface area contributed by atoms with Gasteiger partial charge in [0.25, 0.3) is 0 Å². The molecule has 2 aromatic rings. The average Bonchev–Trinajstić information content (AvgIpc) is 2.90. The van der Waals surface area contributed by atoms with E-state index in [1.54, 1.807) is 0 Å². The summed E-state index contributed by atoms with van der Waals surface area (Å²) in [6.07, 6.45) is -5.54. The Balaban J connectivity index is 1.92. The van der Waals surface area contributed by atoms with Gasteiger partial charge in [0, 0.05) is 22.8 Å². The SMILES string of the molecule is [C-]#[N+]c1cc(F)cc(Oc2ccc3c4c2C(O)[C@H](F)[C@]4(O)C(F)(F)C3(F)F)c1. The maximum Gasteiger partial charge on any atom is 0.349 e. The van der Waals surface area contributed by atoms with E-state index in [-0.39, 0.29) is 11.4 Å². The molecule has 0 aliphatic heterocycles. The highest BCUT2D eigenvalue weighted by Gasteiger charge is 2.82. The molecule has 0 aromatic heterocycles. The number of aliphatic hydroxyl groups is 2. The van der Waals surface area contributed by atoms with Gasteiger partial charge in [0.15, 0.2) is 17.5 Å². The van der Waals surface area contributed by atoms with Crippen molar-refractivity contribution in [3.05, 3.63) is 64.3 Å². The van der Waals surface area contributed by atoms with Gasteiger partial charge in [-0.15, -0.1) is 0 Å². The van der Waals surface area contributed by atoms with Crippen molar-refractivity contribution in [2.45, 2.75) is 29.7 Å². The van der Waals surface area contributed by atoms with Gasteiger partial charge in [0.1, 0.15) is 23.4 Å². The fraction of sp³-hybridized carbons (Fsp3) is 0.278. The van der Waals surface area contributed by atoms with Gasteiger partial charge in [0.05, 0.1) is 6.57 Å². The van der Waals surface area contributed by atoms with Crippen molar-refractivity contribution < 1.29 is 41.3 Å². The van der Waals surface area contributed by atoms with Crippen LogP contribution in [0.25, 0.3) is 4.85 Å². The molecule has 0 fully saturated rings. The van der Waals surface area contributed by atoms with Crippen molar-refractivity contribution in [1.82, 2.24) is 0 Å². The molecule has 2 aliphatic carbocycles. The van der Waals surface area contributed by atoms with Gasteiger partial charge < -0.3 is 14.9 Å². The Morgan fingerprint density at radius 3 is 2.43 bits per heavy atom. The highest BCUT2D eigenvalue weighted by atomic mass is 19.3. The van der Waals surface area contributed by atoms with E-state index in [0.717, 1.165) is 24.3 Å². The number of rotatable bonds is 2. The summed E-state index contributed by atoms with van der Waals surface area (Å²) in [5, 5.41) is 20.2. The Morgan fingerprint density at radius 1 is 1.11 bits per heavy atom. The van der Waals surface area contributed by atoms with Crippen LogP contribution in [0.1, 0.15) is 22.8 Å². The first kappa shape index (κ1) is 18.6. The van der Waals surface area contributed by atoms with E-state index >= 15 is 0 Å². The molecule has 10 heteroatoms. The molecule has 0 heterocycles. The van der Waals surface area contributed by atoms with Gasteiger partial charge in [-0.1, -0.05) is 0 Å². The molecule has 0 bridgehead atoms. The number of aliphatic hydroxyl groups excluding tert-OH is 1. The van der Waals surface area contributed by atoms with E-state index in [1.807, 2.05) is 0 Å². The van der Waals surface area contributed by atoms with Crippen LogP contribution in [-0.4, -0.2) is 22.3 Å². The van der Waals surface area contributed by atoms with Crippen molar-refractivity contribution in [1.29, 1.82) is 0 Å². The van der Waals surface area contributed by atoms with Crippen molar-refractivity contribution in [2.75, 3.05) is 0 Å². The van der Waals surface area contributed by atoms with E-state index < -0.39 is 58.0 Å². The molecule has 146 valence electrons. The second kappa shape index (κ2) is 5.40. The smallest absolute Gasteiger partial charge is 0.349 e. The van der Waals surface area contributed by atoms with Crippen molar-refractivity contribution in [3.63, 3.8) is 0 Å². The van der Waals surface area contributed by atoms with Crippen LogP contribution < -0.4 is 4.74 Å². The molecule has 4 nitrogen and oxygen atoms in total. The zero-order valence-electron chi connectivity index (χ0n) is 13.6. The summed E-state index contributed by atoms with van der Waals surface area (Å²) >= 11 is 0. The van der Waals surface area contributed by atoms with E-state index in [0.29, 0.717) is 6.07 Å². The van der Waals surface area contributed by atoms with E-state index in [4.69, 9.17) is 11.3 Å². The number of halogens is 6. The predicted molar refractivity (Wildman–Crippen MR) is 81.8 cm³/mol. The lowest BCUT2D eigenvalue weighted by atomic mass is 9.93. The molecule has 0 saturated heterocycles. The zero-order valence-corrected chi connectivity index (χ0v) is 13.6. The molecule has 4 rings (SSSR count). The lowest BCUT2D eigenvalue weighted by Gasteiger charge is -2.32. The van der Waals surface area contributed by atoms with Crippen LogP contribution in [-0.2, 0) is 11.5 Å². The van der Waals surface area contributed by atoms with Crippen LogP contribution in [0.5, 0.6) is 11.5 Å². The number of nitrogens with zero attached hydrogens (tertiary/aromatic N) is 1. The van der Waals surface area contributed by atoms with Gasteiger partial charge >= 0.3 is 11.8 Å². The molecule has 3 atom stereocenters. The fourth-order valence-corrected chi connectivity index (χ4v) is 3.71. The van der Waals surface area contributed by atoms with E-state index in [9.17, 15) is 36.6 Å². The number of benzene rings is 2. The van der Waals surface area contributed by atoms with Crippen molar-refractivity contribution >= 4 is 5.69 Å². The Kier molecular flexibility index (Phi) is 3.58. The van der Waals surface area contributed by atoms with Gasteiger partial charge in [-0.3, -0.25) is 0 Å². The molecule has 2 aliphatic rings. The third-order valence-corrected chi connectivity index (χ3v) is 4.98. The van der Waals surface area contributed by atoms with E-state index in [2.05, 4.69) is 4.85 Å². The standard InChI is InChI=1S/C18H9F6NO3/c1-25-8-4-7(19)5-9(6-8)28-11-3-2-10-13-12(11)14(26)15(20)16(13,27)18(23,24)17(10,21)22/h2-6,14-15,26-27H/t14?,15-,16-/m0/s1. The van der Waals surface area contributed by atoms with Crippen molar-refractivity contribution in [3.8, 4) is 11.5 Å². The number of hydrogen-bond donors (Lipinski definition) is 2. The van der Waals surface area contributed by atoms with Gasteiger partial charge in [-0.05, 0) is 24.3 Å². The lowest BCUT2D eigenvalue weighted by Crippen LogP contribution is -2.53. The molecule has 28 heavy (non-hydrogen) atoms. The summed E-state index contributed by atoms with van der Waals surface area (Å²) in [5.74, 6) is -11.8. The third kappa shape index (κ3) is 1.98. The van der Waals surface area contributed by atoms with Gasteiger partial charge in [-0.25, -0.2) is 13.6 Å². The van der Waals surface area contributed by atoms with Crippen LogP contribution in [0, 0.1) is 12.4 Å². The Labute approximate surface area is 153 Å². The molecule has 0 saturated carbocycles. The first-order valence-electron chi connectivity index (χ1n) is 7.80. The Bertz CT molecular complexity index is 1050. The molecule has 0 radical (unpaired) electrons. The van der Waals surface area contributed by atoms with Crippen LogP contribution in [0.2, 0.25) is 0 Å². The monoisotopic (exact) mass is 401 g/mol. The zero-order chi connectivity index (χ0) is 20.6. The number of hydrogen-bond acceptors (Lipinski definition) is 3. The molecular formula is C18H9F6NO3. The highest BCUT2D eigenvalue weighted by Crippen LogP contribution is 2.68. The summed E-state index contributed by atoms with van der Waals surface area (Å²) in [5.41, 5.74) is -7.39. The quantitative estimate of drug-likeness (QED) is 0.576. The summed E-state index contributed by atoms with van der Waals surface area (Å²) in [4.78, 5) is 3.00. The van der Waals surface area contributed by atoms with Crippen LogP contribution >= 0.6 is 0 Å². The number of ether oxygens (including phenoxy) is 1. The van der Waals surface area contributed by atoms with Crippen LogP contribution in [0.15, 0.2) is 30.3 Å². The maximum atomic E-state index is 14.5. The molecule has 2 N–H and O–H groups in total. The first-order chi connectivity index (χ1) is 13.0. The van der Waals surface area contributed by atoms with Crippen LogP contribution in [0.3, 0.4) is 0 Å². The van der Waals surface area contributed by atoms with Crippen LogP contribution in [0.4, 0.5) is 32.0 Å². The Morgan fingerprint density at radius 2 is 1.79 bits per heavy atom. The first-order valence-corrected chi connectivity index (χ1v) is 7.80. The molecule has 0 spiro atoms. The minimum absolute atomic E-state index is 0.175. The van der Waals surface area contributed by atoms with Crippen molar-refractivity contribution in [2.24, 2.45) is 0 Å². The summed E-state index contributed by atoms with van der Waals surface area (Å²) in [6, 6.07) is 4.08.